The lowest BCUT2D eigenvalue weighted by Gasteiger charge is -2.41. The summed E-state index contributed by atoms with van der Waals surface area (Å²) in [5, 5.41) is 1.00. The number of nitrogens with zero attached hydrogens (tertiary/aromatic N) is 2. The Bertz CT molecular complexity index is 771. The van der Waals surface area contributed by atoms with Gasteiger partial charge in [-0.3, -0.25) is 9.69 Å². The largest absolute Gasteiger partial charge is 0.461 e. The van der Waals surface area contributed by atoms with E-state index in [0.717, 1.165) is 69.0 Å². The van der Waals surface area contributed by atoms with Gasteiger partial charge in [0.15, 0.2) is 0 Å². The maximum absolute atomic E-state index is 13.0. The summed E-state index contributed by atoms with van der Waals surface area (Å²) in [6.07, 6.45) is 2.13. The zero-order valence-electron chi connectivity index (χ0n) is 15.7. The molecule has 1 atom stereocenters. The molecule has 0 N–H and O–H groups in total. The molecule has 140 valence electrons. The number of carbonyl (C=O) groups is 1. The highest BCUT2D eigenvalue weighted by Gasteiger charge is 2.31. The number of piperidine rings is 1. The van der Waals surface area contributed by atoms with Crippen LogP contribution >= 0.6 is 0 Å². The van der Waals surface area contributed by atoms with E-state index in [0.29, 0.717) is 17.5 Å². The van der Waals surface area contributed by atoms with Gasteiger partial charge in [0.2, 0.25) is 0 Å². The number of morpholine rings is 1. The van der Waals surface area contributed by atoms with E-state index < -0.39 is 0 Å². The predicted molar refractivity (Wildman–Crippen MR) is 101 cm³/mol. The number of furan rings is 1. The van der Waals surface area contributed by atoms with Crippen molar-refractivity contribution in [1.29, 1.82) is 0 Å². The number of ether oxygens (including phenoxy) is 1. The monoisotopic (exact) mass is 356 g/mol. The maximum Gasteiger partial charge on any atom is 0.257 e. The fraction of sp³-hybridized carbons (Fsp3) is 0.571. The number of para-hydroxylation sites is 1. The Morgan fingerprint density at radius 2 is 1.88 bits per heavy atom. The summed E-state index contributed by atoms with van der Waals surface area (Å²) >= 11 is 0. The molecular formula is C21H28N2O3. The third-order valence-electron chi connectivity index (χ3n) is 6.03. The molecule has 26 heavy (non-hydrogen) atoms. The highest BCUT2D eigenvalue weighted by atomic mass is 16.5. The first-order valence-electron chi connectivity index (χ1n) is 9.73. The first-order valence-corrected chi connectivity index (χ1v) is 9.73. The third-order valence-corrected chi connectivity index (χ3v) is 6.03. The van der Waals surface area contributed by atoms with Gasteiger partial charge in [-0.05, 0) is 44.7 Å². The highest BCUT2D eigenvalue weighted by molar-refractivity contribution is 6.05. The minimum Gasteiger partial charge on any atom is -0.461 e. The minimum absolute atomic E-state index is 0.0995. The molecule has 3 heterocycles. The molecular weight excluding hydrogens is 328 g/mol. The van der Waals surface area contributed by atoms with Crippen LogP contribution in [-0.4, -0.2) is 61.1 Å². The number of benzene rings is 1. The van der Waals surface area contributed by atoms with Crippen molar-refractivity contribution in [3.05, 3.63) is 35.6 Å². The number of hydrogen-bond acceptors (Lipinski definition) is 4. The van der Waals surface area contributed by atoms with E-state index in [2.05, 4.69) is 11.8 Å². The quantitative estimate of drug-likeness (QED) is 0.846. The molecule has 0 aliphatic carbocycles. The van der Waals surface area contributed by atoms with E-state index >= 15 is 0 Å². The van der Waals surface area contributed by atoms with Crippen molar-refractivity contribution in [3.8, 4) is 0 Å². The zero-order chi connectivity index (χ0) is 18.1. The van der Waals surface area contributed by atoms with Crippen LogP contribution < -0.4 is 0 Å². The smallest absolute Gasteiger partial charge is 0.257 e. The van der Waals surface area contributed by atoms with Crippen LogP contribution in [0, 0.1) is 12.8 Å². The molecule has 2 aliphatic rings. The van der Waals surface area contributed by atoms with Gasteiger partial charge in [-0.1, -0.05) is 12.1 Å². The Labute approximate surface area is 154 Å². The Balaban J connectivity index is 1.41. The van der Waals surface area contributed by atoms with Gasteiger partial charge in [0.05, 0.1) is 18.8 Å². The number of amides is 1. The van der Waals surface area contributed by atoms with Crippen LogP contribution in [0.15, 0.2) is 28.7 Å². The molecule has 0 bridgehead atoms. The normalized spacial score (nSPS) is 21.2. The second-order valence-corrected chi connectivity index (χ2v) is 7.60. The minimum atomic E-state index is 0.0995. The maximum atomic E-state index is 13.0. The molecule has 5 heteroatoms. The lowest BCUT2D eigenvalue weighted by atomic mass is 9.89. The first-order chi connectivity index (χ1) is 12.6. The van der Waals surface area contributed by atoms with E-state index in [9.17, 15) is 4.79 Å². The number of fused-ring (bicyclic) bond motifs is 1. The SMILES string of the molecule is Cc1cc2cccc(C(=O)N3CCC([C@@H](C)N4CCOCC4)CC3)c2o1. The number of hydrogen-bond donors (Lipinski definition) is 0. The molecule has 1 amide bonds. The van der Waals surface area contributed by atoms with Gasteiger partial charge in [0.25, 0.3) is 5.91 Å². The summed E-state index contributed by atoms with van der Waals surface area (Å²) in [5.74, 6) is 1.60. The molecule has 4 rings (SSSR count). The van der Waals surface area contributed by atoms with Crippen LogP contribution in [0.3, 0.4) is 0 Å². The first kappa shape index (κ1) is 17.6. The summed E-state index contributed by atoms with van der Waals surface area (Å²) in [7, 11) is 0. The van der Waals surface area contributed by atoms with Crippen molar-refractivity contribution >= 4 is 16.9 Å². The number of likely N-dealkylation sites (tertiary alicyclic amines) is 1. The second-order valence-electron chi connectivity index (χ2n) is 7.60. The number of aryl methyl sites for hydroxylation is 1. The Morgan fingerprint density at radius 3 is 2.62 bits per heavy atom. The Kier molecular flexibility index (Phi) is 5.00. The van der Waals surface area contributed by atoms with Crippen LogP contribution in [0.5, 0.6) is 0 Å². The lowest BCUT2D eigenvalue weighted by molar-refractivity contribution is -0.000944. The summed E-state index contributed by atoms with van der Waals surface area (Å²) in [4.78, 5) is 17.6. The van der Waals surface area contributed by atoms with E-state index in [4.69, 9.17) is 9.15 Å². The van der Waals surface area contributed by atoms with Crippen LogP contribution in [0.4, 0.5) is 0 Å². The van der Waals surface area contributed by atoms with Gasteiger partial charge in [0, 0.05) is 37.6 Å². The van der Waals surface area contributed by atoms with Crippen molar-refractivity contribution in [1.82, 2.24) is 9.80 Å². The van der Waals surface area contributed by atoms with Crippen molar-refractivity contribution in [2.45, 2.75) is 32.7 Å². The predicted octanol–water partition coefficient (Wildman–Crippen LogP) is 3.31. The molecule has 5 nitrogen and oxygen atoms in total. The zero-order valence-corrected chi connectivity index (χ0v) is 15.7. The van der Waals surface area contributed by atoms with Gasteiger partial charge in [-0.25, -0.2) is 0 Å². The fourth-order valence-corrected chi connectivity index (χ4v) is 4.40. The topological polar surface area (TPSA) is 45.9 Å². The van der Waals surface area contributed by atoms with Gasteiger partial charge >= 0.3 is 0 Å². The molecule has 2 aromatic rings. The molecule has 2 aliphatic heterocycles. The van der Waals surface area contributed by atoms with Gasteiger partial charge < -0.3 is 14.1 Å². The van der Waals surface area contributed by atoms with Crippen molar-refractivity contribution < 1.29 is 13.9 Å². The van der Waals surface area contributed by atoms with Crippen LogP contribution in [0.25, 0.3) is 11.0 Å². The third kappa shape index (κ3) is 3.38. The standard InChI is InChI=1S/C21H28N2O3/c1-15-14-18-4-3-5-19(20(18)26-15)21(24)23-8-6-17(7-9-23)16(2)22-10-12-25-13-11-22/h3-5,14,16-17H,6-13H2,1-2H3/t16-/m1/s1. The van der Waals surface area contributed by atoms with Crippen molar-refractivity contribution in [3.63, 3.8) is 0 Å². The Morgan fingerprint density at radius 1 is 1.15 bits per heavy atom. The molecule has 2 fully saturated rings. The van der Waals surface area contributed by atoms with E-state index in [-0.39, 0.29) is 5.91 Å². The van der Waals surface area contributed by atoms with Crippen molar-refractivity contribution in [2.24, 2.45) is 5.92 Å². The van der Waals surface area contributed by atoms with Gasteiger partial charge in [-0.15, -0.1) is 0 Å². The average Bonchev–Trinajstić information content (AvgIpc) is 3.08. The van der Waals surface area contributed by atoms with Crippen LogP contribution in [0.2, 0.25) is 0 Å². The van der Waals surface area contributed by atoms with Crippen LogP contribution in [-0.2, 0) is 4.74 Å². The summed E-state index contributed by atoms with van der Waals surface area (Å²) in [6, 6.07) is 8.38. The summed E-state index contributed by atoms with van der Waals surface area (Å²) < 4.78 is 11.3. The van der Waals surface area contributed by atoms with Crippen molar-refractivity contribution in [2.75, 3.05) is 39.4 Å². The number of carbonyl (C=O) groups excluding carboxylic acids is 1. The number of rotatable bonds is 3. The average molecular weight is 356 g/mol. The molecule has 0 spiro atoms. The van der Waals surface area contributed by atoms with Gasteiger partial charge in [-0.2, -0.15) is 0 Å². The van der Waals surface area contributed by atoms with Gasteiger partial charge in [0.1, 0.15) is 11.3 Å². The fourth-order valence-electron chi connectivity index (χ4n) is 4.40. The Hall–Kier alpha value is -1.85. The molecule has 1 aromatic heterocycles. The summed E-state index contributed by atoms with van der Waals surface area (Å²) in [6.45, 7) is 9.65. The molecule has 2 saturated heterocycles. The molecule has 0 saturated carbocycles. The molecule has 0 radical (unpaired) electrons. The van der Waals surface area contributed by atoms with E-state index in [1.165, 1.54) is 0 Å². The van der Waals surface area contributed by atoms with E-state index in [1.807, 2.05) is 36.1 Å². The van der Waals surface area contributed by atoms with E-state index in [1.54, 1.807) is 0 Å². The van der Waals surface area contributed by atoms with Crippen LogP contribution in [0.1, 0.15) is 35.9 Å². The second kappa shape index (κ2) is 7.41. The lowest BCUT2D eigenvalue weighted by Crippen LogP contribution is -2.49. The summed E-state index contributed by atoms with van der Waals surface area (Å²) in [5.41, 5.74) is 1.41. The molecule has 1 aromatic carbocycles. The highest BCUT2D eigenvalue weighted by Crippen LogP contribution is 2.28. The molecule has 0 unspecified atom stereocenters.